The number of nitrogens with one attached hydrogen (secondary N) is 1. The van der Waals surface area contributed by atoms with Crippen LogP contribution < -0.4 is 10.1 Å². The molecule has 0 aliphatic heterocycles. The number of benzene rings is 1. The number of ether oxygens (including phenoxy) is 1. The summed E-state index contributed by atoms with van der Waals surface area (Å²) >= 11 is 3.32. The van der Waals surface area contributed by atoms with Gasteiger partial charge < -0.3 is 15.2 Å². The number of aliphatic carboxylic acids is 1. The van der Waals surface area contributed by atoms with Gasteiger partial charge in [0.2, 0.25) is 5.91 Å². The summed E-state index contributed by atoms with van der Waals surface area (Å²) in [6.45, 7) is -0.375. The first-order valence-corrected chi connectivity index (χ1v) is 5.63. The van der Waals surface area contributed by atoms with Gasteiger partial charge in [-0.2, -0.15) is 0 Å². The highest BCUT2D eigenvalue weighted by molar-refractivity contribution is 9.10. The molecule has 5 nitrogen and oxygen atoms in total. The average molecular weight is 302 g/mol. The van der Waals surface area contributed by atoms with E-state index in [-0.39, 0.29) is 18.9 Å². The highest BCUT2D eigenvalue weighted by Gasteiger charge is 2.09. The van der Waals surface area contributed by atoms with E-state index in [9.17, 15) is 9.59 Å². The van der Waals surface area contributed by atoms with Gasteiger partial charge >= 0.3 is 5.97 Å². The molecule has 6 heteroatoms. The number of carbonyl (C=O) groups excluding carboxylic acids is 1. The molecule has 0 aliphatic rings. The summed E-state index contributed by atoms with van der Waals surface area (Å²) in [5.41, 5.74) is 0.743. The summed E-state index contributed by atoms with van der Waals surface area (Å²) in [6, 6.07) is 5.27. The van der Waals surface area contributed by atoms with Gasteiger partial charge in [-0.1, -0.05) is 15.9 Å². The zero-order valence-corrected chi connectivity index (χ0v) is 10.8. The Morgan fingerprint density at radius 1 is 1.47 bits per heavy atom. The Morgan fingerprint density at radius 3 is 2.76 bits per heavy atom. The molecule has 1 aromatic rings. The Labute approximate surface area is 107 Å². The van der Waals surface area contributed by atoms with E-state index in [4.69, 9.17) is 9.84 Å². The van der Waals surface area contributed by atoms with Gasteiger partial charge in [-0.15, -0.1) is 0 Å². The SMILES string of the molecule is COc1ccc(Br)c(CC(=O)NCC(=O)O)c1. The predicted octanol–water partition coefficient (Wildman–Crippen LogP) is 1.20. The maximum absolute atomic E-state index is 11.4. The third kappa shape index (κ3) is 4.44. The molecule has 0 aromatic heterocycles. The van der Waals surface area contributed by atoms with E-state index in [0.29, 0.717) is 5.75 Å². The second kappa shape index (κ2) is 6.24. The molecule has 0 heterocycles. The second-order valence-electron chi connectivity index (χ2n) is 3.30. The van der Waals surface area contributed by atoms with E-state index < -0.39 is 5.97 Å². The van der Waals surface area contributed by atoms with Crippen molar-refractivity contribution < 1.29 is 19.4 Å². The Balaban J connectivity index is 2.67. The van der Waals surface area contributed by atoms with Crippen LogP contribution >= 0.6 is 15.9 Å². The van der Waals surface area contributed by atoms with Crippen LogP contribution in [0.4, 0.5) is 0 Å². The van der Waals surface area contributed by atoms with Crippen LogP contribution in [0.5, 0.6) is 5.75 Å². The van der Waals surface area contributed by atoms with Crippen LogP contribution in [0.25, 0.3) is 0 Å². The van der Waals surface area contributed by atoms with Gasteiger partial charge in [0.05, 0.1) is 13.5 Å². The number of hydrogen-bond donors (Lipinski definition) is 2. The van der Waals surface area contributed by atoms with Gasteiger partial charge in [-0.25, -0.2) is 0 Å². The van der Waals surface area contributed by atoms with Gasteiger partial charge in [-0.3, -0.25) is 9.59 Å². The Bertz CT molecular complexity index is 433. The summed E-state index contributed by atoms with van der Waals surface area (Å²) in [5, 5.41) is 10.7. The standard InChI is InChI=1S/C11H12BrNO4/c1-17-8-2-3-9(12)7(4-8)5-10(14)13-6-11(15)16/h2-4H,5-6H2,1H3,(H,13,14)(H,15,16). The van der Waals surface area contributed by atoms with Gasteiger partial charge in [0.25, 0.3) is 0 Å². The Hall–Kier alpha value is -1.56. The smallest absolute Gasteiger partial charge is 0.322 e. The van der Waals surface area contributed by atoms with E-state index in [2.05, 4.69) is 21.2 Å². The predicted molar refractivity (Wildman–Crippen MR) is 65.0 cm³/mol. The molecule has 0 spiro atoms. The lowest BCUT2D eigenvalue weighted by Crippen LogP contribution is -2.30. The third-order valence-corrected chi connectivity index (χ3v) is 2.81. The van der Waals surface area contributed by atoms with Crippen LogP contribution in [0, 0.1) is 0 Å². The number of amides is 1. The van der Waals surface area contributed by atoms with Crippen LogP contribution in [-0.4, -0.2) is 30.6 Å². The van der Waals surface area contributed by atoms with Gasteiger partial charge in [0.15, 0.2) is 0 Å². The largest absolute Gasteiger partial charge is 0.497 e. The quantitative estimate of drug-likeness (QED) is 0.857. The average Bonchev–Trinajstić information content (AvgIpc) is 2.29. The first kappa shape index (κ1) is 13.5. The summed E-state index contributed by atoms with van der Waals surface area (Å²) in [6.07, 6.45) is 0.102. The maximum atomic E-state index is 11.4. The van der Waals surface area contributed by atoms with Crippen molar-refractivity contribution in [2.24, 2.45) is 0 Å². The lowest BCUT2D eigenvalue weighted by atomic mass is 10.1. The highest BCUT2D eigenvalue weighted by atomic mass is 79.9. The van der Waals surface area contributed by atoms with E-state index in [1.54, 1.807) is 18.2 Å². The lowest BCUT2D eigenvalue weighted by Gasteiger charge is -2.07. The minimum Gasteiger partial charge on any atom is -0.497 e. The molecule has 0 unspecified atom stereocenters. The number of halogens is 1. The third-order valence-electron chi connectivity index (χ3n) is 2.04. The first-order chi connectivity index (χ1) is 8.02. The number of methoxy groups -OCH3 is 1. The molecule has 0 aliphatic carbocycles. The van der Waals surface area contributed by atoms with Crippen LogP contribution in [0.1, 0.15) is 5.56 Å². The minimum absolute atomic E-state index is 0.102. The Morgan fingerprint density at radius 2 is 2.18 bits per heavy atom. The summed E-state index contributed by atoms with van der Waals surface area (Å²) < 4.78 is 5.82. The lowest BCUT2D eigenvalue weighted by molar-refractivity contribution is -0.137. The molecule has 2 N–H and O–H groups in total. The first-order valence-electron chi connectivity index (χ1n) is 4.84. The van der Waals surface area contributed by atoms with Crippen LogP contribution in [-0.2, 0) is 16.0 Å². The highest BCUT2D eigenvalue weighted by Crippen LogP contribution is 2.22. The van der Waals surface area contributed by atoms with Crippen molar-refractivity contribution in [2.75, 3.05) is 13.7 Å². The molecule has 1 amide bonds. The number of rotatable bonds is 5. The van der Waals surface area contributed by atoms with Crippen LogP contribution in [0.15, 0.2) is 22.7 Å². The Kier molecular flexibility index (Phi) is 4.96. The molecular weight excluding hydrogens is 290 g/mol. The van der Waals surface area contributed by atoms with Crippen molar-refractivity contribution in [1.29, 1.82) is 0 Å². The van der Waals surface area contributed by atoms with Crippen molar-refractivity contribution in [3.63, 3.8) is 0 Å². The van der Waals surface area contributed by atoms with E-state index >= 15 is 0 Å². The van der Waals surface area contributed by atoms with Gasteiger partial charge in [0.1, 0.15) is 12.3 Å². The van der Waals surface area contributed by atoms with Gasteiger partial charge in [-0.05, 0) is 23.8 Å². The molecule has 1 aromatic carbocycles. The van der Waals surface area contributed by atoms with Crippen molar-refractivity contribution >= 4 is 27.8 Å². The minimum atomic E-state index is -1.07. The molecule has 0 fully saturated rings. The van der Waals surface area contributed by atoms with Crippen molar-refractivity contribution in [3.05, 3.63) is 28.2 Å². The van der Waals surface area contributed by atoms with Crippen molar-refractivity contribution in [2.45, 2.75) is 6.42 Å². The number of hydrogen-bond acceptors (Lipinski definition) is 3. The molecule has 0 radical (unpaired) electrons. The zero-order chi connectivity index (χ0) is 12.8. The molecule has 1 rings (SSSR count). The topological polar surface area (TPSA) is 75.6 Å². The summed E-state index contributed by atoms with van der Waals surface area (Å²) in [5.74, 6) is -0.765. The fourth-order valence-electron chi connectivity index (χ4n) is 1.22. The molecule has 0 saturated heterocycles. The number of carboxylic acid groups (broad SMARTS) is 1. The zero-order valence-electron chi connectivity index (χ0n) is 9.20. The summed E-state index contributed by atoms with van der Waals surface area (Å²) in [4.78, 5) is 21.7. The summed E-state index contributed by atoms with van der Waals surface area (Å²) in [7, 11) is 1.54. The fraction of sp³-hybridized carbons (Fsp3) is 0.273. The number of carboxylic acids is 1. The molecular formula is C11H12BrNO4. The van der Waals surface area contributed by atoms with Crippen LogP contribution in [0.2, 0.25) is 0 Å². The maximum Gasteiger partial charge on any atom is 0.322 e. The van der Waals surface area contributed by atoms with E-state index in [1.807, 2.05) is 0 Å². The molecule has 0 atom stereocenters. The monoisotopic (exact) mass is 301 g/mol. The normalized spacial score (nSPS) is 9.76. The molecule has 0 saturated carbocycles. The molecule has 0 bridgehead atoms. The molecule has 92 valence electrons. The van der Waals surface area contributed by atoms with Crippen molar-refractivity contribution in [1.82, 2.24) is 5.32 Å². The number of carbonyl (C=O) groups is 2. The van der Waals surface area contributed by atoms with Crippen molar-refractivity contribution in [3.8, 4) is 5.75 Å². The van der Waals surface area contributed by atoms with E-state index in [1.165, 1.54) is 7.11 Å². The second-order valence-corrected chi connectivity index (χ2v) is 4.16. The molecule has 17 heavy (non-hydrogen) atoms. The van der Waals surface area contributed by atoms with Gasteiger partial charge in [0, 0.05) is 4.47 Å². The van der Waals surface area contributed by atoms with E-state index in [0.717, 1.165) is 10.0 Å². The fourth-order valence-corrected chi connectivity index (χ4v) is 1.61. The van der Waals surface area contributed by atoms with Crippen LogP contribution in [0.3, 0.4) is 0 Å².